The van der Waals surface area contributed by atoms with Gasteiger partial charge in [-0.25, -0.2) is 0 Å². The van der Waals surface area contributed by atoms with Crippen LogP contribution < -0.4 is 10.6 Å². The second-order valence-electron chi connectivity index (χ2n) is 4.44. The fourth-order valence-corrected chi connectivity index (χ4v) is 1.55. The van der Waals surface area contributed by atoms with Crippen LogP contribution in [0.3, 0.4) is 0 Å². The van der Waals surface area contributed by atoms with Crippen LogP contribution in [-0.2, 0) is 11.3 Å². The summed E-state index contributed by atoms with van der Waals surface area (Å²) in [5, 5.41) is 14.4. The Balaban J connectivity index is 2.41. The number of benzene rings is 1. The number of hydrogen-bond acceptors (Lipinski definition) is 3. The molecule has 1 atom stereocenters. The maximum Gasteiger partial charge on any atom is 0.251 e. The van der Waals surface area contributed by atoms with E-state index in [1.807, 2.05) is 0 Å². The molecule has 2 amide bonds. The van der Waals surface area contributed by atoms with Crippen molar-refractivity contribution in [2.24, 2.45) is 0 Å². The highest BCUT2D eigenvalue weighted by molar-refractivity contribution is 5.93. The fraction of sp³-hybridized carbons (Fsp3) is 0.429. The number of hydrogen-bond donors (Lipinski definition) is 3. The second-order valence-corrected chi connectivity index (χ2v) is 4.44. The Bertz CT molecular complexity index is 427. The number of rotatable bonds is 6. The minimum atomic E-state index is -0.461. The van der Waals surface area contributed by atoms with E-state index in [0.29, 0.717) is 24.9 Å². The number of aliphatic hydroxyl groups is 1. The molecule has 0 aliphatic rings. The van der Waals surface area contributed by atoms with Gasteiger partial charge in [0.05, 0.1) is 6.10 Å². The minimum absolute atomic E-state index is 0.0868. The molecule has 0 aliphatic carbocycles. The molecule has 0 aliphatic heterocycles. The Morgan fingerprint density at radius 3 is 2.42 bits per heavy atom. The molecular formula is C14H20N2O3. The summed E-state index contributed by atoms with van der Waals surface area (Å²) in [5.74, 6) is -0.219. The molecule has 0 bridgehead atoms. The van der Waals surface area contributed by atoms with Gasteiger partial charge < -0.3 is 15.7 Å². The Morgan fingerprint density at radius 2 is 1.89 bits per heavy atom. The molecule has 1 unspecified atom stereocenters. The van der Waals surface area contributed by atoms with E-state index in [4.69, 9.17) is 5.11 Å². The lowest BCUT2D eigenvalue weighted by molar-refractivity contribution is -0.121. The van der Waals surface area contributed by atoms with Crippen LogP contribution in [0, 0.1) is 0 Å². The van der Waals surface area contributed by atoms with Gasteiger partial charge in [0.1, 0.15) is 0 Å². The normalized spacial score (nSPS) is 11.7. The minimum Gasteiger partial charge on any atom is -0.393 e. The average molecular weight is 264 g/mol. The highest BCUT2D eigenvalue weighted by Crippen LogP contribution is 2.04. The van der Waals surface area contributed by atoms with Crippen molar-refractivity contribution in [1.29, 1.82) is 0 Å². The van der Waals surface area contributed by atoms with Crippen molar-refractivity contribution in [3.8, 4) is 0 Å². The first-order chi connectivity index (χ1) is 9.02. The fourth-order valence-electron chi connectivity index (χ4n) is 1.55. The molecule has 1 rings (SSSR count). The SMILES string of the molecule is CNC(=O)c1ccc(CNC(=O)CCC(C)O)cc1. The van der Waals surface area contributed by atoms with Gasteiger partial charge in [-0.15, -0.1) is 0 Å². The second kappa shape index (κ2) is 7.53. The van der Waals surface area contributed by atoms with E-state index in [0.717, 1.165) is 5.56 Å². The van der Waals surface area contributed by atoms with Crippen LogP contribution in [0.2, 0.25) is 0 Å². The van der Waals surface area contributed by atoms with Crippen molar-refractivity contribution in [2.45, 2.75) is 32.4 Å². The van der Waals surface area contributed by atoms with Crippen LogP contribution in [0.4, 0.5) is 0 Å². The highest BCUT2D eigenvalue weighted by atomic mass is 16.3. The van der Waals surface area contributed by atoms with Gasteiger partial charge in [-0.1, -0.05) is 12.1 Å². The summed E-state index contributed by atoms with van der Waals surface area (Å²) in [6.07, 6.45) is 0.313. The summed E-state index contributed by atoms with van der Waals surface area (Å²) in [7, 11) is 1.58. The molecule has 0 spiro atoms. The lowest BCUT2D eigenvalue weighted by Crippen LogP contribution is -2.23. The maximum atomic E-state index is 11.5. The molecule has 5 nitrogen and oxygen atoms in total. The number of nitrogens with one attached hydrogen (secondary N) is 2. The molecular weight excluding hydrogens is 244 g/mol. The average Bonchev–Trinajstić information content (AvgIpc) is 2.42. The van der Waals surface area contributed by atoms with Gasteiger partial charge in [-0.3, -0.25) is 9.59 Å². The first kappa shape index (κ1) is 15.2. The highest BCUT2D eigenvalue weighted by Gasteiger charge is 2.05. The molecule has 0 fully saturated rings. The van der Waals surface area contributed by atoms with Crippen molar-refractivity contribution in [1.82, 2.24) is 10.6 Å². The number of carbonyl (C=O) groups is 2. The van der Waals surface area contributed by atoms with E-state index in [9.17, 15) is 9.59 Å². The third-order valence-corrected chi connectivity index (χ3v) is 2.72. The Morgan fingerprint density at radius 1 is 1.26 bits per heavy atom. The number of aliphatic hydroxyl groups excluding tert-OH is 1. The third kappa shape index (κ3) is 5.52. The monoisotopic (exact) mass is 264 g/mol. The molecule has 5 heteroatoms. The summed E-state index contributed by atoms with van der Waals surface area (Å²) in [4.78, 5) is 22.8. The third-order valence-electron chi connectivity index (χ3n) is 2.72. The zero-order valence-corrected chi connectivity index (χ0v) is 11.3. The van der Waals surface area contributed by atoms with Crippen LogP contribution >= 0.6 is 0 Å². The lowest BCUT2D eigenvalue weighted by Gasteiger charge is -2.07. The van der Waals surface area contributed by atoms with E-state index >= 15 is 0 Å². The Kier molecular flexibility index (Phi) is 6.02. The number of carbonyl (C=O) groups excluding carboxylic acids is 2. The van der Waals surface area contributed by atoms with Crippen LogP contribution in [0.1, 0.15) is 35.7 Å². The van der Waals surface area contributed by atoms with Crippen molar-refractivity contribution < 1.29 is 14.7 Å². The van der Waals surface area contributed by atoms with Crippen molar-refractivity contribution in [3.05, 3.63) is 35.4 Å². The molecule has 0 heterocycles. The Hall–Kier alpha value is -1.88. The summed E-state index contributed by atoms with van der Waals surface area (Å²) in [6.45, 7) is 2.08. The van der Waals surface area contributed by atoms with Gasteiger partial charge in [0.25, 0.3) is 5.91 Å². The van der Waals surface area contributed by atoms with Crippen molar-refractivity contribution >= 4 is 11.8 Å². The molecule has 1 aromatic carbocycles. The van der Waals surface area contributed by atoms with Gasteiger partial charge in [-0.2, -0.15) is 0 Å². The van der Waals surface area contributed by atoms with Crippen LogP contribution in [0.25, 0.3) is 0 Å². The number of amides is 2. The zero-order valence-electron chi connectivity index (χ0n) is 11.3. The van der Waals surface area contributed by atoms with Gasteiger partial charge in [0.2, 0.25) is 5.91 Å². The Labute approximate surface area is 113 Å². The van der Waals surface area contributed by atoms with E-state index in [2.05, 4.69) is 10.6 Å². The van der Waals surface area contributed by atoms with E-state index < -0.39 is 6.10 Å². The van der Waals surface area contributed by atoms with Crippen LogP contribution in [-0.4, -0.2) is 30.1 Å². The van der Waals surface area contributed by atoms with Crippen molar-refractivity contribution in [2.75, 3.05) is 7.05 Å². The van der Waals surface area contributed by atoms with Crippen LogP contribution in [0.5, 0.6) is 0 Å². The summed E-state index contributed by atoms with van der Waals surface area (Å²) in [6, 6.07) is 7.05. The first-order valence-corrected chi connectivity index (χ1v) is 6.28. The quantitative estimate of drug-likeness (QED) is 0.712. The molecule has 104 valence electrons. The molecule has 19 heavy (non-hydrogen) atoms. The molecule has 0 saturated heterocycles. The summed E-state index contributed by atoms with van der Waals surface area (Å²) < 4.78 is 0. The van der Waals surface area contributed by atoms with Gasteiger partial charge >= 0.3 is 0 Å². The van der Waals surface area contributed by atoms with Gasteiger partial charge in [-0.05, 0) is 31.0 Å². The topological polar surface area (TPSA) is 78.4 Å². The van der Waals surface area contributed by atoms with Gasteiger partial charge in [0, 0.05) is 25.6 Å². The molecule has 0 radical (unpaired) electrons. The predicted molar refractivity (Wildman–Crippen MR) is 72.6 cm³/mol. The van der Waals surface area contributed by atoms with E-state index in [1.54, 1.807) is 38.2 Å². The summed E-state index contributed by atoms with van der Waals surface area (Å²) in [5.41, 5.74) is 1.52. The van der Waals surface area contributed by atoms with Gasteiger partial charge in [0.15, 0.2) is 0 Å². The lowest BCUT2D eigenvalue weighted by atomic mass is 10.1. The molecule has 0 saturated carbocycles. The standard InChI is InChI=1S/C14H20N2O3/c1-10(17)3-8-13(18)16-9-11-4-6-12(7-5-11)14(19)15-2/h4-7,10,17H,3,8-9H2,1-2H3,(H,15,19)(H,16,18). The largest absolute Gasteiger partial charge is 0.393 e. The first-order valence-electron chi connectivity index (χ1n) is 6.28. The van der Waals surface area contributed by atoms with E-state index in [1.165, 1.54) is 0 Å². The summed E-state index contributed by atoms with van der Waals surface area (Å²) >= 11 is 0. The molecule has 1 aromatic rings. The smallest absolute Gasteiger partial charge is 0.251 e. The maximum absolute atomic E-state index is 11.5. The zero-order chi connectivity index (χ0) is 14.3. The van der Waals surface area contributed by atoms with Crippen molar-refractivity contribution in [3.63, 3.8) is 0 Å². The van der Waals surface area contributed by atoms with E-state index in [-0.39, 0.29) is 11.8 Å². The molecule has 0 aromatic heterocycles. The molecule has 3 N–H and O–H groups in total. The van der Waals surface area contributed by atoms with Crippen LogP contribution in [0.15, 0.2) is 24.3 Å². The predicted octanol–water partition coefficient (Wildman–Crippen LogP) is 0.823.